The van der Waals surface area contributed by atoms with Crippen LogP contribution in [0.5, 0.6) is 0 Å². The largest absolute Gasteiger partial charge is 0.490 e. The third kappa shape index (κ3) is 5.73. The van der Waals surface area contributed by atoms with Crippen LogP contribution in [0.15, 0.2) is 12.7 Å². The summed E-state index contributed by atoms with van der Waals surface area (Å²) in [6.07, 6.45) is -0.716. The number of aliphatic hydroxyl groups is 1. The van der Waals surface area contributed by atoms with E-state index >= 15 is 0 Å². The van der Waals surface area contributed by atoms with E-state index in [2.05, 4.69) is 28.1 Å². The first-order chi connectivity index (χ1) is 14.2. The molecule has 7 N–H and O–H groups in total. The minimum Gasteiger partial charge on any atom is -0.390 e. The van der Waals surface area contributed by atoms with E-state index in [0.29, 0.717) is 11.2 Å². The average molecular weight is 505 g/mol. The first kappa shape index (κ1) is 24.3. The number of nitrogen functional groups attached to an aromatic ring is 1. The number of aromatic nitrogens is 4. The highest BCUT2D eigenvalue weighted by Gasteiger charge is 2.45. The van der Waals surface area contributed by atoms with Crippen LogP contribution >= 0.6 is 23.5 Å². The molecular weight excluding hydrogens is 487 g/mol. The van der Waals surface area contributed by atoms with Crippen molar-refractivity contribution in [3.63, 3.8) is 0 Å². The number of imidazole rings is 1. The second-order valence-electron chi connectivity index (χ2n) is 6.38. The zero-order valence-electron chi connectivity index (χ0n) is 15.5. The van der Waals surface area contributed by atoms with Crippen molar-refractivity contribution in [2.24, 2.45) is 5.92 Å². The van der Waals surface area contributed by atoms with Gasteiger partial charge >= 0.3 is 23.5 Å². The Hall–Kier alpha value is -1.32. The fraction of sp³-hybridized carbons (Fsp3) is 0.545. The number of fused-ring (bicyclic) bond motifs is 1. The maximum atomic E-state index is 11.8. The molecule has 2 aromatic heterocycles. The van der Waals surface area contributed by atoms with Crippen LogP contribution in [0.4, 0.5) is 5.82 Å². The van der Waals surface area contributed by atoms with E-state index in [1.54, 1.807) is 6.92 Å². The molecule has 0 saturated carbocycles. The molecule has 3 rings (SSSR count). The minimum atomic E-state index is -5.65. The molecule has 1 saturated heterocycles. The number of ether oxygens (including phenoxy) is 1. The van der Waals surface area contributed by atoms with E-state index in [9.17, 15) is 23.7 Å². The molecule has 2 aromatic rings. The molecule has 0 bridgehead atoms. The van der Waals surface area contributed by atoms with Crippen molar-refractivity contribution in [2.45, 2.75) is 25.4 Å². The van der Waals surface area contributed by atoms with Gasteiger partial charge in [-0.3, -0.25) is 9.09 Å². The Bertz CT molecular complexity index is 1110. The van der Waals surface area contributed by atoms with E-state index < -0.39 is 54.4 Å². The van der Waals surface area contributed by atoms with Gasteiger partial charge in [0.05, 0.1) is 19.0 Å². The van der Waals surface area contributed by atoms with Crippen LogP contribution in [0.3, 0.4) is 0 Å². The first-order valence-corrected chi connectivity index (χ1v) is 12.8. The second-order valence-corrected chi connectivity index (χ2v) is 10.8. The Kier molecular flexibility index (Phi) is 6.71. The average Bonchev–Trinajstić information content (AvgIpc) is 3.13. The molecule has 1 aliphatic heterocycles. The molecule has 0 aromatic carbocycles. The van der Waals surface area contributed by atoms with Gasteiger partial charge in [0, 0.05) is 5.92 Å². The van der Waals surface area contributed by atoms with E-state index in [1.807, 2.05) is 0 Å². The maximum absolute atomic E-state index is 11.8. The van der Waals surface area contributed by atoms with Crippen LogP contribution in [0, 0.1) is 5.92 Å². The van der Waals surface area contributed by atoms with Gasteiger partial charge in [-0.15, -0.1) is 0 Å². The first-order valence-electron chi connectivity index (χ1n) is 8.24. The van der Waals surface area contributed by atoms with Crippen molar-refractivity contribution in [1.29, 1.82) is 0 Å². The van der Waals surface area contributed by atoms with Gasteiger partial charge in [-0.1, -0.05) is 6.92 Å². The number of nitrogens with zero attached hydrogens (tertiary/aromatic N) is 4. The number of phosphoric acid groups is 3. The van der Waals surface area contributed by atoms with Gasteiger partial charge in [0.2, 0.25) is 0 Å². The molecule has 0 radical (unpaired) electrons. The smallest absolute Gasteiger partial charge is 0.390 e. The SMILES string of the molecule is CC1C(O)[C@@H](COP(=O)(O)OP(=O)(O)OP(=O)(O)O)O[C@H]1n1cnc2c(N)ncnc21. The highest BCUT2D eigenvalue weighted by Crippen LogP contribution is 2.66. The number of hydrogen-bond acceptors (Lipinski definition) is 12. The molecule has 0 spiro atoms. The van der Waals surface area contributed by atoms with Gasteiger partial charge in [-0.25, -0.2) is 28.6 Å². The molecule has 1 aliphatic rings. The van der Waals surface area contributed by atoms with Gasteiger partial charge in [0.25, 0.3) is 0 Å². The Labute approximate surface area is 173 Å². The Morgan fingerprint density at radius 2 is 1.81 bits per heavy atom. The molecule has 4 unspecified atom stereocenters. The molecule has 17 nitrogen and oxygen atoms in total. The van der Waals surface area contributed by atoms with Crippen LogP contribution in [0.25, 0.3) is 11.2 Å². The Morgan fingerprint density at radius 3 is 2.45 bits per heavy atom. The summed E-state index contributed by atoms with van der Waals surface area (Å²) in [6, 6.07) is 0. The number of anilines is 1. The van der Waals surface area contributed by atoms with E-state index in [4.69, 9.17) is 25.2 Å². The number of phosphoric ester groups is 1. The predicted molar refractivity (Wildman–Crippen MR) is 98.6 cm³/mol. The third-order valence-electron chi connectivity index (χ3n) is 4.16. The summed E-state index contributed by atoms with van der Waals surface area (Å²) in [4.78, 5) is 47.7. The third-order valence-corrected chi connectivity index (χ3v) is 7.97. The molecule has 174 valence electrons. The molecule has 31 heavy (non-hydrogen) atoms. The molecule has 3 heterocycles. The summed E-state index contributed by atoms with van der Waals surface area (Å²) in [6.45, 7) is 0.812. The van der Waals surface area contributed by atoms with Crippen molar-refractivity contribution in [3.8, 4) is 0 Å². The van der Waals surface area contributed by atoms with Crippen molar-refractivity contribution < 1.29 is 56.3 Å². The summed E-state index contributed by atoms with van der Waals surface area (Å²) in [5.41, 5.74) is 6.34. The maximum Gasteiger partial charge on any atom is 0.490 e. The van der Waals surface area contributed by atoms with Gasteiger partial charge in [-0.2, -0.15) is 8.62 Å². The standard InChI is InChI=1S/C11H18N5O12P3/c1-5-8(17)6(2-25-30(21,22)28-31(23,24)27-29(18,19)20)26-11(5)16-4-15-7-9(12)13-3-14-10(7)16/h3-6,8,11,17H,2H2,1H3,(H,21,22)(H,23,24)(H2,12,13,14)(H2,18,19,20)/t5?,6-,8?,11-/m1/s1. The summed E-state index contributed by atoms with van der Waals surface area (Å²) in [5, 5.41) is 10.4. The lowest BCUT2D eigenvalue weighted by atomic mass is 10.0. The minimum absolute atomic E-state index is 0.124. The van der Waals surface area contributed by atoms with Crippen LogP contribution in [-0.2, 0) is 31.6 Å². The van der Waals surface area contributed by atoms with E-state index in [-0.39, 0.29) is 5.82 Å². The monoisotopic (exact) mass is 505 g/mol. The van der Waals surface area contributed by atoms with Gasteiger partial charge in [0.1, 0.15) is 24.2 Å². The lowest BCUT2D eigenvalue weighted by Gasteiger charge is -2.19. The summed E-state index contributed by atoms with van der Waals surface area (Å²) < 4.78 is 52.7. The van der Waals surface area contributed by atoms with E-state index in [0.717, 1.165) is 0 Å². The Balaban J connectivity index is 1.69. The summed E-state index contributed by atoms with van der Waals surface area (Å²) >= 11 is 0. The predicted octanol–water partition coefficient (Wildman–Crippen LogP) is -0.354. The zero-order valence-corrected chi connectivity index (χ0v) is 18.2. The van der Waals surface area contributed by atoms with E-state index in [1.165, 1.54) is 17.2 Å². The summed E-state index contributed by atoms with van der Waals surface area (Å²) in [7, 11) is -16.5. The van der Waals surface area contributed by atoms with Crippen LogP contribution in [-0.4, -0.2) is 63.0 Å². The fourth-order valence-electron chi connectivity index (χ4n) is 2.87. The zero-order chi connectivity index (χ0) is 23.2. The molecule has 1 fully saturated rings. The number of nitrogens with two attached hydrogens (primary N) is 1. The molecule has 20 heteroatoms. The van der Waals surface area contributed by atoms with Gasteiger partial charge in [0.15, 0.2) is 11.5 Å². The second kappa shape index (κ2) is 8.56. The summed E-state index contributed by atoms with van der Waals surface area (Å²) in [5.74, 6) is -0.470. The molecule has 6 atom stereocenters. The van der Waals surface area contributed by atoms with Crippen molar-refractivity contribution in [3.05, 3.63) is 12.7 Å². The highest BCUT2D eigenvalue weighted by atomic mass is 31.3. The van der Waals surface area contributed by atoms with Crippen LogP contribution in [0.2, 0.25) is 0 Å². The fourth-order valence-corrected chi connectivity index (χ4v) is 5.90. The highest BCUT2D eigenvalue weighted by molar-refractivity contribution is 7.66. The van der Waals surface area contributed by atoms with Crippen molar-refractivity contribution in [1.82, 2.24) is 19.5 Å². The van der Waals surface area contributed by atoms with Crippen molar-refractivity contribution >= 4 is 40.4 Å². The lowest BCUT2D eigenvalue weighted by Crippen LogP contribution is -2.29. The van der Waals surface area contributed by atoms with Gasteiger partial charge in [-0.05, 0) is 0 Å². The molecule has 0 aliphatic carbocycles. The molecular formula is C11H18N5O12P3. The van der Waals surface area contributed by atoms with Crippen molar-refractivity contribution in [2.75, 3.05) is 12.3 Å². The normalized spacial score (nSPS) is 28.5. The molecule has 0 amide bonds. The topological polar surface area (TPSA) is 259 Å². The van der Waals surface area contributed by atoms with Crippen LogP contribution < -0.4 is 5.73 Å². The quantitative estimate of drug-likeness (QED) is 0.250. The number of hydrogen-bond donors (Lipinski definition) is 6. The van der Waals surface area contributed by atoms with Gasteiger partial charge < -0.3 is 35.2 Å². The number of aliphatic hydroxyl groups excluding tert-OH is 1. The van der Waals surface area contributed by atoms with Crippen LogP contribution in [0.1, 0.15) is 13.2 Å². The lowest BCUT2D eigenvalue weighted by molar-refractivity contribution is -0.0438. The Morgan fingerprint density at radius 1 is 1.13 bits per heavy atom. The number of rotatable bonds is 8.